The van der Waals surface area contributed by atoms with Crippen molar-refractivity contribution in [3.63, 3.8) is 0 Å². The van der Waals surface area contributed by atoms with Gasteiger partial charge >= 0.3 is 6.09 Å². The Morgan fingerprint density at radius 1 is 1.09 bits per heavy atom. The Labute approximate surface area is 260 Å². The highest BCUT2D eigenvalue weighted by atomic mass is 32.2. The molecule has 4 rings (SSSR count). The lowest BCUT2D eigenvalue weighted by atomic mass is 9.85. The van der Waals surface area contributed by atoms with E-state index in [2.05, 4.69) is 21.9 Å². The molecule has 5 atom stereocenters. The molecule has 1 aromatic carbocycles. The van der Waals surface area contributed by atoms with Crippen LogP contribution in [0, 0.1) is 17.3 Å². The molecular weight excluding hydrogens is 584 g/mol. The van der Waals surface area contributed by atoms with Gasteiger partial charge in [0.2, 0.25) is 21.8 Å². The summed E-state index contributed by atoms with van der Waals surface area (Å²) in [5.74, 6) is -2.32. The third kappa shape index (κ3) is 7.80. The average molecular weight is 631 g/mol. The molecule has 3 fully saturated rings. The third-order valence-corrected chi connectivity index (χ3v) is 10.2. The number of carbonyl (C=O) groups is 4. The Morgan fingerprint density at radius 2 is 1.73 bits per heavy atom. The summed E-state index contributed by atoms with van der Waals surface area (Å²) >= 11 is 0. The summed E-state index contributed by atoms with van der Waals surface area (Å²) in [5.41, 5.74) is -1.92. The lowest BCUT2D eigenvalue weighted by Crippen LogP contribution is -2.60. The molecule has 3 N–H and O–H groups in total. The molecule has 0 bridgehead atoms. The number of hydrogen-bond acceptors (Lipinski definition) is 7. The van der Waals surface area contributed by atoms with E-state index < -0.39 is 73.6 Å². The number of rotatable bonds is 10. The summed E-state index contributed by atoms with van der Waals surface area (Å²) in [4.78, 5) is 55.8. The molecule has 2 saturated carbocycles. The summed E-state index contributed by atoms with van der Waals surface area (Å²) in [6, 6.07) is 7.79. The molecule has 3 aliphatic rings. The minimum atomic E-state index is -3.84. The van der Waals surface area contributed by atoms with Crippen LogP contribution in [0.4, 0.5) is 4.79 Å². The zero-order valence-corrected chi connectivity index (χ0v) is 27.3. The van der Waals surface area contributed by atoms with Crippen LogP contribution in [0.2, 0.25) is 0 Å². The second-order valence-electron chi connectivity index (χ2n) is 14.4. The van der Waals surface area contributed by atoms with Gasteiger partial charge in [-0.05, 0) is 69.8 Å². The van der Waals surface area contributed by atoms with Crippen LogP contribution in [-0.2, 0) is 35.6 Å². The van der Waals surface area contributed by atoms with Gasteiger partial charge in [-0.1, -0.05) is 57.2 Å². The predicted molar refractivity (Wildman–Crippen MR) is 166 cm³/mol. The summed E-state index contributed by atoms with van der Waals surface area (Å²) in [5, 5.41) is 4.94. The highest BCUT2D eigenvalue weighted by Crippen LogP contribution is 2.45. The van der Waals surface area contributed by atoms with Crippen LogP contribution in [0.5, 0.6) is 0 Å². The zero-order chi connectivity index (χ0) is 32.7. The maximum absolute atomic E-state index is 14.2. The lowest BCUT2D eigenvalue weighted by Gasteiger charge is -2.36. The average Bonchev–Trinajstić information content (AvgIpc) is 3.83. The fourth-order valence-electron chi connectivity index (χ4n) is 5.77. The van der Waals surface area contributed by atoms with Crippen LogP contribution >= 0.6 is 0 Å². The van der Waals surface area contributed by atoms with E-state index in [1.807, 2.05) is 51.1 Å². The quantitative estimate of drug-likeness (QED) is 0.336. The largest absolute Gasteiger partial charge is 0.444 e. The Balaban J connectivity index is 1.59. The molecule has 0 aromatic heterocycles. The summed E-state index contributed by atoms with van der Waals surface area (Å²) in [7, 11) is -3.84. The van der Waals surface area contributed by atoms with Gasteiger partial charge < -0.3 is 20.3 Å². The lowest BCUT2D eigenvalue weighted by molar-refractivity contribution is -0.143. The van der Waals surface area contributed by atoms with Gasteiger partial charge in [0.25, 0.3) is 5.91 Å². The van der Waals surface area contributed by atoms with Crippen LogP contribution < -0.4 is 15.4 Å². The summed E-state index contributed by atoms with van der Waals surface area (Å²) < 4.78 is 32.7. The van der Waals surface area contributed by atoms with Gasteiger partial charge in [0.1, 0.15) is 23.2 Å². The van der Waals surface area contributed by atoms with Crippen molar-refractivity contribution < 1.29 is 32.3 Å². The number of nitrogens with zero attached hydrogens (tertiary/aromatic N) is 1. The van der Waals surface area contributed by atoms with E-state index in [4.69, 9.17) is 4.74 Å². The summed E-state index contributed by atoms with van der Waals surface area (Å²) in [6.07, 6.45) is 2.90. The standard InChI is InChI=1S/C32H46N4O7S/c1-8-22-18-32(22,28(39)35-44(41,42)23-14-15-23)34-26(37)24-17-21(16-20-12-10-9-11-13-20)19-36(24)27(38)25(30(2,3)4)33-29(40)43-31(5,6)7/h8-13,21-25H,1,14-19H2,2-7H3,(H,33,40)(H,34,37)(H,35,39)/t21-,22-,24+,25-,32-/m1/s1. The van der Waals surface area contributed by atoms with Gasteiger partial charge in [-0.2, -0.15) is 0 Å². The molecule has 0 unspecified atom stereocenters. The van der Waals surface area contributed by atoms with E-state index in [1.165, 1.54) is 11.0 Å². The fraction of sp³-hybridized carbons (Fsp3) is 0.625. The Kier molecular flexibility index (Phi) is 9.26. The molecule has 242 valence electrons. The predicted octanol–water partition coefficient (Wildman–Crippen LogP) is 3.05. The number of sulfonamides is 1. The highest BCUT2D eigenvalue weighted by molar-refractivity contribution is 7.91. The molecule has 0 radical (unpaired) electrons. The van der Waals surface area contributed by atoms with Crippen molar-refractivity contribution in [1.29, 1.82) is 0 Å². The van der Waals surface area contributed by atoms with E-state index in [-0.39, 0.29) is 18.9 Å². The zero-order valence-electron chi connectivity index (χ0n) is 26.5. The van der Waals surface area contributed by atoms with Crippen LogP contribution in [-0.4, -0.2) is 72.2 Å². The van der Waals surface area contributed by atoms with Crippen molar-refractivity contribution in [2.24, 2.45) is 17.3 Å². The molecule has 1 heterocycles. The van der Waals surface area contributed by atoms with Crippen molar-refractivity contribution in [1.82, 2.24) is 20.3 Å². The van der Waals surface area contributed by atoms with E-state index in [9.17, 15) is 27.6 Å². The monoisotopic (exact) mass is 630 g/mol. The maximum atomic E-state index is 14.2. The first kappa shape index (κ1) is 33.5. The first-order valence-corrected chi connectivity index (χ1v) is 16.8. The van der Waals surface area contributed by atoms with Crippen molar-refractivity contribution in [2.75, 3.05) is 6.54 Å². The molecule has 2 aliphatic carbocycles. The normalized spacial score (nSPS) is 25.9. The fourth-order valence-corrected chi connectivity index (χ4v) is 7.13. The second kappa shape index (κ2) is 12.2. The van der Waals surface area contributed by atoms with Crippen molar-refractivity contribution in [2.45, 2.75) is 102 Å². The van der Waals surface area contributed by atoms with E-state index in [1.54, 1.807) is 20.8 Å². The first-order chi connectivity index (χ1) is 20.4. The third-order valence-electron chi connectivity index (χ3n) is 8.36. The Bertz CT molecular complexity index is 1400. The molecule has 4 amide bonds. The number of ether oxygens (including phenoxy) is 1. The van der Waals surface area contributed by atoms with Gasteiger partial charge in [-0.3, -0.25) is 19.1 Å². The van der Waals surface area contributed by atoms with Gasteiger partial charge in [0, 0.05) is 12.5 Å². The van der Waals surface area contributed by atoms with Gasteiger partial charge in [0.15, 0.2) is 0 Å². The molecule has 11 nitrogen and oxygen atoms in total. The first-order valence-electron chi connectivity index (χ1n) is 15.2. The smallest absolute Gasteiger partial charge is 0.408 e. The molecule has 12 heteroatoms. The number of carbonyl (C=O) groups excluding carboxylic acids is 4. The van der Waals surface area contributed by atoms with E-state index >= 15 is 0 Å². The molecular formula is C32H46N4O7S. The number of alkyl carbamates (subject to hydrolysis) is 1. The highest BCUT2D eigenvalue weighted by Gasteiger charge is 2.62. The number of likely N-dealkylation sites (tertiary alicyclic amines) is 1. The second-order valence-corrected chi connectivity index (χ2v) is 16.4. The SMILES string of the molecule is C=C[C@@H]1C[C@]1(NC(=O)[C@@H]1C[C@@H](Cc2ccccc2)CN1C(=O)[C@@H](NC(=O)OC(C)(C)C)C(C)(C)C)C(=O)NS(=O)(=O)C1CC1. The molecule has 1 aliphatic heterocycles. The van der Waals surface area contributed by atoms with Gasteiger partial charge in [0.05, 0.1) is 5.25 Å². The van der Waals surface area contributed by atoms with Crippen molar-refractivity contribution in [3.05, 3.63) is 48.6 Å². The number of nitrogens with one attached hydrogen (secondary N) is 3. The molecule has 1 aromatic rings. The van der Waals surface area contributed by atoms with Gasteiger partial charge in [-0.25, -0.2) is 13.2 Å². The minimum absolute atomic E-state index is 0.0753. The van der Waals surface area contributed by atoms with Crippen molar-refractivity contribution in [3.8, 4) is 0 Å². The molecule has 1 saturated heterocycles. The Morgan fingerprint density at radius 3 is 2.25 bits per heavy atom. The van der Waals surface area contributed by atoms with E-state index in [0.29, 0.717) is 25.7 Å². The maximum Gasteiger partial charge on any atom is 0.408 e. The molecule has 0 spiro atoms. The van der Waals surface area contributed by atoms with Crippen LogP contribution in [0.15, 0.2) is 43.0 Å². The summed E-state index contributed by atoms with van der Waals surface area (Å²) in [6.45, 7) is 14.7. The topological polar surface area (TPSA) is 151 Å². The number of hydrogen-bond donors (Lipinski definition) is 3. The minimum Gasteiger partial charge on any atom is -0.444 e. The van der Waals surface area contributed by atoms with Crippen LogP contribution in [0.25, 0.3) is 0 Å². The number of amides is 4. The van der Waals surface area contributed by atoms with E-state index in [0.717, 1.165) is 5.56 Å². The number of benzene rings is 1. The molecule has 44 heavy (non-hydrogen) atoms. The Hall–Kier alpha value is -3.41. The van der Waals surface area contributed by atoms with Crippen LogP contribution in [0.3, 0.4) is 0 Å². The van der Waals surface area contributed by atoms with Crippen LogP contribution in [0.1, 0.15) is 72.8 Å². The van der Waals surface area contributed by atoms with Gasteiger partial charge in [-0.15, -0.1) is 6.58 Å². The van der Waals surface area contributed by atoms with Crippen molar-refractivity contribution >= 4 is 33.8 Å².